The lowest BCUT2D eigenvalue weighted by molar-refractivity contribution is -0.385. The normalized spacial score (nSPS) is 24.1. The van der Waals surface area contributed by atoms with Crippen LogP contribution in [0.25, 0.3) is 0 Å². The summed E-state index contributed by atoms with van der Waals surface area (Å²) in [5, 5.41) is 14.5. The van der Waals surface area contributed by atoms with Gasteiger partial charge in [0.2, 0.25) is 0 Å². The van der Waals surface area contributed by atoms with Crippen molar-refractivity contribution in [2.75, 3.05) is 18.5 Å². The van der Waals surface area contributed by atoms with Gasteiger partial charge in [-0.05, 0) is 50.2 Å². The second-order valence-corrected chi connectivity index (χ2v) is 6.32. The number of nitro benzene ring substituents is 1. The lowest BCUT2D eigenvalue weighted by Gasteiger charge is -2.39. The molecule has 1 aliphatic carbocycles. The maximum atomic E-state index is 10.9. The van der Waals surface area contributed by atoms with E-state index in [4.69, 9.17) is 4.74 Å². The van der Waals surface area contributed by atoms with Crippen molar-refractivity contribution in [2.24, 2.45) is 5.41 Å². The standard InChI is InChI=1S/C16H22N2O3/c1-12-11-13(4-5-14(12)18(19)20)17-15-3-2-6-16(15)7-9-21-10-8-16/h4-5,11,15,17H,2-3,6-10H2,1H3/t15-/m1/s1. The van der Waals surface area contributed by atoms with Gasteiger partial charge in [0.05, 0.1) is 4.92 Å². The fourth-order valence-corrected chi connectivity index (χ4v) is 3.89. The summed E-state index contributed by atoms with van der Waals surface area (Å²) in [6.07, 6.45) is 5.94. The maximum Gasteiger partial charge on any atom is 0.272 e. The van der Waals surface area contributed by atoms with Crippen molar-refractivity contribution in [1.29, 1.82) is 0 Å². The first-order chi connectivity index (χ1) is 10.1. The van der Waals surface area contributed by atoms with E-state index in [2.05, 4.69) is 5.32 Å². The van der Waals surface area contributed by atoms with Gasteiger partial charge >= 0.3 is 0 Å². The SMILES string of the molecule is Cc1cc(N[C@@H]2CCCC23CCOCC3)ccc1[N+](=O)[O-]. The quantitative estimate of drug-likeness (QED) is 0.681. The topological polar surface area (TPSA) is 64.4 Å². The Morgan fingerprint density at radius 1 is 1.33 bits per heavy atom. The summed E-state index contributed by atoms with van der Waals surface area (Å²) < 4.78 is 5.51. The number of aryl methyl sites for hydroxylation is 1. The third-order valence-corrected chi connectivity index (χ3v) is 5.13. The molecule has 1 heterocycles. The molecule has 2 fully saturated rings. The lowest BCUT2D eigenvalue weighted by Crippen LogP contribution is -2.40. The van der Waals surface area contributed by atoms with Gasteiger partial charge in [-0.25, -0.2) is 0 Å². The summed E-state index contributed by atoms with van der Waals surface area (Å²) >= 11 is 0. The predicted molar refractivity (Wildman–Crippen MR) is 81.6 cm³/mol. The van der Waals surface area contributed by atoms with Gasteiger partial charge in [0.15, 0.2) is 0 Å². The van der Waals surface area contributed by atoms with Crippen LogP contribution in [-0.4, -0.2) is 24.2 Å². The highest BCUT2D eigenvalue weighted by Gasteiger charge is 2.43. The van der Waals surface area contributed by atoms with Crippen LogP contribution in [-0.2, 0) is 4.74 Å². The van der Waals surface area contributed by atoms with Crippen LogP contribution in [0, 0.1) is 22.5 Å². The molecule has 1 saturated heterocycles. The van der Waals surface area contributed by atoms with Gasteiger partial charge in [-0.2, -0.15) is 0 Å². The van der Waals surface area contributed by atoms with E-state index in [0.717, 1.165) is 31.7 Å². The third-order valence-electron chi connectivity index (χ3n) is 5.13. The highest BCUT2D eigenvalue weighted by atomic mass is 16.6. The number of hydrogen-bond donors (Lipinski definition) is 1. The molecule has 1 spiro atoms. The Balaban J connectivity index is 1.76. The summed E-state index contributed by atoms with van der Waals surface area (Å²) in [5.41, 5.74) is 2.25. The predicted octanol–water partition coefficient (Wildman–Crippen LogP) is 3.66. The molecule has 1 aromatic carbocycles. The Bertz CT molecular complexity index is 538. The molecule has 2 aliphatic rings. The first kappa shape index (κ1) is 14.3. The Hall–Kier alpha value is -1.62. The van der Waals surface area contributed by atoms with Crippen LogP contribution in [0.3, 0.4) is 0 Å². The molecule has 1 N–H and O–H groups in total. The zero-order valence-electron chi connectivity index (χ0n) is 12.4. The van der Waals surface area contributed by atoms with Crippen LogP contribution < -0.4 is 5.32 Å². The number of ether oxygens (including phenoxy) is 1. The third kappa shape index (κ3) is 2.75. The van der Waals surface area contributed by atoms with Gasteiger partial charge in [0.25, 0.3) is 5.69 Å². The average Bonchev–Trinajstić information content (AvgIpc) is 2.82. The molecule has 5 nitrogen and oxygen atoms in total. The number of hydrogen-bond acceptors (Lipinski definition) is 4. The monoisotopic (exact) mass is 290 g/mol. The van der Waals surface area contributed by atoms with E-state index in [1.807, 2.05) is 12.1 Å². The first-order valence-electron chi connectivity index (χ1n) is 7.70. The number of anilines is 1. The van der Waals surface area contributed by atoms with Crippen molar-refractivity contribution in [2.45, 2.75) is 45.1 Å². The molecule has 0 unspecified atom stereocenters. The summed E-state index contributed by atoms with van der Waals surface area (Å²) in [6, 6.07) is 5.78. The first-order valence-corrected chi connectivity index (χ1v) is 7.70. The fourth-order valence-electron chi connectivity index (χ4n) is 3.89. The van der Waals surface area contributed by atoms with E-state index in [-0.39, 0.29) is 10.6 Å². The van der Waals surface area contributed by atoms with E-state index >= 15 is 0 Å². The molecule has 0 aromatic heterocycles. The molecule has 114 valence electrons. The number of nitrogens with zero attached hydrogens (tertiary/aromatic N) is 1. The van der Waals surface area contributed by atoms with Crippen molar-refractivity contribution in [3.8, 4) is 0 Å². The van der Waals surface area contributed by atoms with Crippen LogP contribution >= 0.6 is 0 Å². The van der Waals surface area contributed by atoms with E-state index in [9.17, 15) is 10.1 Å². The van der Waals surface area contributed by atoms with Crippen LogP contribution in [0.4, 0.5) is 11.4 Å². The molecule has 5 heteroatoms. The van der Waals surface area contributed by atoms with E-state index < -0.39 is 0 Å². The molecular formula is C16H22N2O3. The molecule has 1 atom stereocenters. The minimum atomic E-state index is -0.325. The molecule has 0 radical (unpaired) electrons. The van der Waals surface area contributed by atoms with Crippen molar-refractivity contribution < 1.29 is 9.66 Å². The summed E-state index contributed by atoms with van der Waals surface area (Å²) in [7, 11) is 0. The summed E-state index contributed by atoms with van der Waals surface area (Å²) in [5.74, 6) is 0. The molecule has 1 aromatic rings. The molecule has 21 heavy (non-hydrogen) atoms. The number of nitrogens with one attached hydrogen (secondary N) is 1. The van der Waals surface area contributed by atoms with Gasteiger partial charge in [0, 0.05) is 36.6 Å². The molecular weight excluding hydrogens is 268 g/mol. The van der Waals surface area contributed by atoms with Crippen LogP contribution in [0.5, 0.6) is 0 Å². The smallest absolute Gasteiger partial charge is 0.272 e. The highest BCUT2D eigenvalue weighted by molar-refractivity contribution is 5.54. The Kier molecular flexibility index (Phi) is 3.85. The minimum absolute atomic E-state index is 0.188. The molecule has 0 bridgehead atoms. The van der Waals surface area contributed by atoms with Crippen LogP contribution in [0.1, 0.15) is 37.7 Å². The molecule has 3 rings (SSSR count). The van der Waals surface area contributed by atoms with Gasteiger partial charge in [-0.15, -0.1) is 0 Å². The van der Waals surface area contributed by atoms with Crippen molar-refractivity contribution in [3.63, 3.8) is 0 Å². The summed E-state index contributed by atoms with van der Waals surface area (Å²) in [4.78, 5) is 10.6. The Morgan fingerprint density at radius 3 is 2.76 bits per heavy atom. The Labute approximate surface area is 124 Å². The Morgan fingerprint density at radius 2 is 2.10 bits per heavy atom. The molecule has 0 amide bonds. The van der Waals surface area contributed by atoms with Crippen LogP contribution in [0.15, 0.2) is 18.2 Å². The second-order valence-electron chi connectivity index (χ2n) is 6.32. The van der Waals surface area contributed by atoms with Gasteiger partial charge in [0.1, 0.15) is 0 Å². The van der Waals surface area contributed by atoms with E-state index in [1.165, 1.54) is 19.3 Å². The largest absolute Gasteiger partial charge is 0.382 e. The maximum absolute atomic E-state index is 10.9. The van der Waals surface area contributed by atoms with Crippen molar-refractivity contribution in [1.82, 2.24) is 0 Å². The molecule has 1 saturated carbocycles. The van der Waals surface area contributed by atoms with Gasteiger partial charge in [-0.3, -0.25) is 10.1 Å². The minimum Gasteiger partial charge on any atom is -0.382 e. The molecule has 1 aliphatic heterocycles. The van der Waals surface area contributed by atoms with E-state index in [1.54, 1.807) is 13.0 Å². The number of benzene rings is 1. The average molecular weight is 290 g/mol. The summed E-state index contributed by atoms with van der Waals surface area (Å²) in [6.45, 7) is 3.51. The van der Waals surface area contributed by atoms with E-state index in [0.29, 0.717) is 17.0 Å². The second kappa shape index (κ2) is 5.64. The highest BCUT2D eigenvalue weighted by Crippen LogP contribution is 2.47. The van der Waals surface area contributed by atoms with Crippen LogP contribution in [0.2, 0.25) is 0 Å². The zero-order valence-corrected chi connectivity index (χ0v) is 12.4. The number of nitro groups is 1. The number of rotatable bonds is 3. The fraction of sp³-hybridized carbons (Fsp3) is 0.625. The van der Waals surface area contributed by atoms with Gasteiger partial charge in [-0.1, -0.05) is 6.42 Å². The van der Waals surface area contributed by atoms with Crippen molar-refractivity contribution >= 4 is 11.4 Å². The van der Waals surface area contributed by atoms with Gasteiger partial charge < -0.3 is 10.1 Å². The zero-order chi connectivity index (χ0) is 14.9. The van der Waals surface area contributed by atoms with Crippen molar-refractivity contribution in [3.05, 3.63) is 33.9 Å². The lowest BCUT2D eigenvalue weighted by atomic mass is 9.75.